The highest BCUT2D eigenvalue weighted by Crippen LogP contribution is 2.31. The van der Waals surface area contributed by atoms with Crippen molar-refractivity contribution in [2.45, 2.75) is 34.1 Å². The van der Waals surface area contributed by atoms with Crippen LogP contribution in [0.4, 0.5) is 10.1 Å². The summed E-state index contributed by atoms with van der Waals surface area (Å²) in [4.78, 5) is 4.44. The van der Waals surface area contributed by atoms with Crippen molar-refractivity contribution in [1.82, 2.24) is 0 Å². The zero-order valence-electron chi connectivity index (χ0n) is 14.4. The average Bonchev–Trinajstić information content (AvgIpc) is 2.49. The van der Waals surface area contributed by atoms with Gasteiger partial charge in [0.15, 0.2) is 0 Å². The summed E-state index contributed by atoms with van der Waals surface area (Å²) in [6, 6.07) is 8.07. The molecule has 0 aliphatic carbocycles. The van der Waals surface area contributed by atoms with Crippen LogP contribution in [0.2, 0.25) is 5.02 Å². The number of hydrogen-bond acceptors (Lipinski definition) is 2. The smallest absolute Gasteiger partial charge is 0.131 e. The summed E-state index contributed by atoms with van der Waals surface area (Å²) in [5.74, 6) is 1.50. The third-order valence-corrected chi connectivity index (χ3v) is 3.69. The second-order valence-corrected chi connectivity index (χ2v) is 6.17. The Morgan fingerprint density at radius 2 is 1.92 bits per heavy atom. The number of aliphatic imine (C=N–C) groups is 1. The molecule has 0 saturated heterocycles. The lowest BCUT2D eigenvalue weighted by Crippen LogP contribution is -2.09. The van der Waals surface area contributed by atoms with Crippen LogP contribution in [-0.4, -0.2) is 12.4 Å². The maximum absolute atomic E-state index is 13.4. The molecule has 0 aromatic heterocycles. The van der Waals surface area contributed by atoms with Gasteiger partial charge in [-0.3, -0.25) is 4.99 Å². The zero-order chi connectivity index (χ0) is 17.7. The molecule has 2 aromatic rings. The number of aryl methyl sites for hydroxylation is 2. The first-order chi connectivity index (χ1) is 11.4. The fraction of sp³-hybridized carbons (Fsp3) is 0.316. The molecule has 0 spiro atoms. The molecule has 0 fully saturated rings. The lowest BCUT2D eigenvalue weighted by molar-refractivity contribution is 0.473. The van der Waals surface area contributed by atoms with Gasteiger partial charge in [-0.25, -0.2) is 4.39 Å². The van der Waals surface area contributed by atoms with Gasteiger partial charge < -0.3 is 10.1 Å². The quantitative estimate of drug-likeness (QED) is 0.521. The molecule has 0 unspecified atom stereocenters. The third kappa shape index (κ3) is 4.96. The standard InChI is InChI=1S/C19H22ClFN2O/c1-5-6-22-14(4)23-18-7-13(3)19(8-12(18)2)24-17-10-15(20)9-16(21)11-17/h7-11H,5-6H2,1-4H3,(H,22,23). The van der Waals surface area contributed by atoms with E-state index in [0.717, 1.165) is 35.6 Å². The van der Waals surface area contributed by atoms with Crippen LogP contribution in [0.5, 0.6) is 11.5 Å². The van der Waals surface area contributed by atoms with Crippen molar-refractivity contribution in [3.8, 4) is 11.5 Å². The Morgan fingerprint density at radius 3 is 2.58 bits per heavy atom. The first-order valence-electron chi connectivity index (χ1n) is 7.92. The fourth-order valence-corrected chi connectivity index (χ4v) is 2.47. The maximum Gasteiger partial charge on any atom is 0.131 e. The molecule has 2 aromatic carbocycles. The largest absolute Gasteiger partial charge is 0.457 e. The van der Waals surface area contributed by atoms with E-state index in [4.69, 9.17) is 16.3 Å². The Hall–Kier alpha value is -2.07. The van der Waals surface area contributed by atoms with Gasteiger partial charge in [0.25, 0.3) is 0 Å². The van der Waals surface area contributed by atoms with E-state index in [-0.39, 0.29) is 0 Å². The minimum atomic E-state index is -0.423. The maximum atomic E-state index is 13.4. The Morgan fingerprint density at radius 1 is 1.17 bits per heavy atom. The molecule has 0 aliphatic rings. The molecule has 0 bridgehead atoms. The molecule has 5 heteroatoms. The molecule has 0 atom stereocenters. The molecule has 0 radical (unpaired) electrons. The number of hydrogen-bond donors (Lipinski definition) is 1. The van der Waals surface area contributed by atoms with Crippen molar-refractivity contribution in [2.24, 2.45) is 4.99 Å². The molecule has 2 rings (SSSR count). The Labute approximate surface area is 147 Å². The van der Waals surface area contributed by atoms with Gasteiger partial charge in [0.1, 0.15) is 17.3 Å². The van der Waals surface area contributed by atoms with Crippen LogP contribution in [0.25, 0.3) is 0 Å². The minimum absolute atomic E-state index is 0.306. The summed E-state index contributed by atoms with van der Waals surface area (Å²) in [5, 5.41) is 3.61. The van der Waals surface area contributed by atoms with Crippen LogP contribution in [0.15, 0.2) is 35.3 Å². The van der Waals surface area contributed by atoms with Gasteiger partial charge in [0.2, 0.25) is 0 Å². The molecule has 1 N–H and O–H groups in total. The number of rotatable bonds is 5. The fourth-order valence-electron chi connectivity index (χ4n) is 2.26. The highest BCUT2D eigenvalue weighted by atomic mass is 35.5. The van der Waals surface area contributed by atoms with Crippen LogP contribution < -0.4 is 10.1 Å². The monoisotopic (exact) mass is 348 g/mol. The third-order valence-electron chi connectivity index (χ3n) is 3.47. The Bertz CT molecular complexity index is 739. The summed E-state index contributed by atoms with van der Waals surface area (Å²) in [6.45, 7) is 8.78. The topological polar surface area (TPSA) is 33.6 Å². The van der Waals surface area contributed by atoms with E-state index >= 15 is 0 Å². The first kappa shape index (κ1) is 18.3. The highest BCUT2D eigenvalue weighted by Gasteiger charge is 2.09. The zero-order valence-corrected chi connectivity index (χ0v) is 15.2. The van der Waals surface area contributed by atoms with Crippen molar-refractivity contribution in [3.63, 3.8) is 0 Å². The molecule has 0 saturated carbocycles. The normalized spacial score (nSPS) is 11.5. The number of ether oxygens (including phenoxy) is 1. The minimum Gasteiger partial charge on any atom is -0.457 e. The molecule has 128 valence electrons. The van der Waals surface area contributed by atoms with E-state index in [9.17, 15) is 4.39 Å². The second kappa shape index (κ2) is 8.15. The van der Waals surface area contributed by atoms with Crippen molar-refractivity contribution >= 4 is 23.1 Å². The SMILES string of the molecule is CCCN=C(C)Nc1cc(C)c(Oc2cc(F)cc(Cl)c2)cc1C. The molecule has 24 heavy (non-hydrogen) atoms. The van der Waals surface area contributed by atoms with Crippen LogP contribution >= 0.6 is 11.6 Å². The van der Waals surface area contributed by atoms with E-state index in [1.54, 1.807) is 6.07 Å². The van der Waals surface area contributed by atoms with E-state index in [2.05, 4.69) is 17.2 Å². The van der Waals surface area contributed by atoms with Gasteiger partial charge >= 0.3 is 0 Å². The predicted octanol–water partition coefficient (Wildman–Crippen LogP) is 6.13. The van der Waals surface area contributed by atoms with Crippen molar-refractivity contribution in [3.05, 3.63) is 52.3 Å². The number of halogens is 2. The van der Waals surface area contributed by atoms with Gasteiger partial charge in [0, 0.05) is 23.3 Å². The highest BCUT2D eigenvalue weighted by molar-refractivity contribution is 6.30. The van der Waals surface area contributed by atoms with Crippen LogP contribution in [0.1, 0.15) is 31.4 Å². The molecule has 0 amide bonds. The van der Waals surface area contributed by atoms with E-state index in [0.29, 0.717) is 16.5 Å². The van der Waals surface area contributed by atoms with Gasteiger partial charge in [-0.05, 0) is 62.6 Å². The summed E-state index contributed by atoms with van der Waals surface area (Å²) in [6.07, 6.45) is 1.01. The molecule has 0 heterocycles. The summed E-state index contributed by atoms with van der Waals surface area (Å²) in [7, 11) is 0. The molecule has 0 aliphatic heterocycles. The predicted molar refractivity (Wildman–Crippen MR) is 99.3 cm³/mol. The first-order valence-corrected chi connectivity index (χ1v) is 8.30. The van der Waals surface area contributed by atoms with Gasteiger partial charge in [-0.15, -0.1) is 0 Å². The van der Waals surface area contributed by atoms with Gasteiger partial charge in [-0.2, -0.15) is 0 Å². The molecule has 3 nitrogen and oxygen atoms in total. The average molecular weight is 349 g/mol. The number of amidine groups is 1. The molecular formula is C19H22ClFN2O. The van der Waals surface area contributed by atoms with Crippen LogP contribution in [0, 0.1) is 19.7 Å². The summed E-state index contributed by atoms with van der Waals surface area (Å²) < 4.78 is 19.2. The summed E-state index contributed by atoms with van der Waals surface area (Å²) in [5.41, 5.74) is 2.94. The van der Waals surface area contributed by atoms with Crippen molar-refractivity contribution < 1.29 is 9.13 Å². The van der Waals surface area contributed by atoms with E-state index in [1.165, 1.54) is 12.1 Å². The van der Waals surface area contributed by atoms with Crippen LogP contribution in [-0.2, 0) is 0 Å². The lowest BCUT2D eigenvalue weighted by atomic mass is 10.1. The van der Waals surface area contributed by atoms with Crippen molar-refractivity contribution in [2.75, 3.05) is 11.9 Å². The summed E-state index contributed by atoms with van der Waals surface area (Å²) >= 11 is 5.87. The lowest BCUT2D eigenvalue weighted by Gasteiger charge is -2.15. The number of nitrogens with one attached hydrogen (secondary N) is 1. The molecular weight excluding hydrogens is 327 g/mol. The van der Waals surface area contributed by atoms with Gasteiger partial charge in [-0.1, -0.05) is 18.5 Å². The van der Waals surface area contributed by atoms with Gasteiger partial charge in [0.05, 0.1) is 5.84 Å². The Kier molecular flexibility index (Phi) is 6.21. The second-order valence-electron chi connectivity index (χ2n) is 5.73. The van der Waals surface area contributed by atoms with E-state index < -0.39 is 5.82 Å². The van der Waals surface area contributed by atoms with Crippen LogP contribution in [0.3, 0.4) is 0 Å². The number of nitrogens with zero attached hydrogens (tertiary/aromatic N) is 1. The number of benzene rings is 2. The Balaban J connectivity index is 2.23. The number of anilines is 1. The van der Waals surface area contributed by atoms with E-state index in [1.807, 2.05) is 32.9 Å². The van der Waals surface area contributed by atoms with Crippen molar-refractivity contribution in [1.29, 1.82) is 0 Å².